The molecule has 1 aliphatic carbocycles. The fourth-order valence-electron chi connectivity index (χ4n) is 2.55. The Morgan fingerprint density at radius 1 is 0.667 bits per heavy atom. The zero-order valence-corrected chi connectivity index (χ0v) is 9.34. The maximum absolute atomic E-state index is 11.5. The number of carbonyl (C=O) groups excluding carboxylic acids is 4. The molecule has 0 aromatic carbocycles. The molecule has 4 nitrogen and oxygen atoms in total. The Kier molecular flexibility index (Phi) is 2.42. The Morgan fingerprint density at radius 3 is 0.933 bits per heavy atom. The van der Waals surface area contributed by atoms with Crippen molar-refractivity contribution in [3.05, 3.63) is 0 Å². The Bertz CT molecular complexity index is 314. The number of hydrogen-bond acceptors (Lipinski definition) is 4. The quantitative estimate of drug-likeness (QED) is 0.641. The van der Waals surface area contributed by atoms with Gasteiger partial charge in [-0.1, -0.05) is 0 Å². The molecule has 0 N–H and O–H groups in total. The maximum atomic E-state index is 11.5. The van der Waals surface area contributed by atoms with E-state index < -0.39 is 10.8 Å². The van der Waals surface area contributed by atoms with Crippen molar-refractivity contribution in [3.63, 3.8) is 0 Å². The predicted octanol–water partition coefficient (Wildman–Crippen LogP) is 0.719. The van der Waals surface area contributed by atoms with Crippen molar-refractivity contribution in [1.29, 1.82) is 0 Å². The van der Waals surface area contributed by atoms with Crippen molar-refractivity contribution in [2.24, 2.45) is 10.8 Å². The summed E-state index contributed by atoms with van der Waals surface area (Å²) in [5.41, 5.74) is -2.74. The van der Waals surface area contributed by atoms with Gasteiger partial charge in [-0.05, 0) is 34.1 Å². The minimum atomic E-state index is -1.37. The van der Waals surface area contributed by atoms with Crippen LogP contribution < -0.4 is 0 Å². The van der Waals surface area contributed by atoms with Gasteiger partial charge in [-0.25, -0.2) is 0 Å². The molecule has 1 rings (SSSR count). The molecule has 0 aromatic heterocycles. The van der Waals surface area contributed by atoms with E-state index in [1.165, 1.54) is 27.7 Å². The van der Waals surface area contributed by atoms with Crippen LogP contribution in [0.3, 0.4) is 0 Å². The third-order valence-electron chi connectivity index (χ3n) is 3.54. The van der Waals surface area contributed by atoms with Crippen molar-refractivity contribution < 1.29 is 19.2 Å². The average Bonchev–Trinajstić information content (AvgIpc) is 2.74. The van der Waals surface area contributed by atoms with Crippen LogP contribution in [0.2, 0.25) is 0 Å². The molecule has 0 amide bonds. The first-order valence-corrected chi connectivity index (χ1v) is 4.77. The van der Waals surface area contributed by atoms with E-state index in [4.69, 9.17) is 0 Å². The molecular formula is C11H14O4. The second-order valence-electron chi connectivity index (χ2n) is 4.21. The lowest BCUT2D eigenvalue weighted by atomic mass is 9.81. The van der Waals surface area contributed by atoms with Crippen LogP contribution >= 0.6 is 0 Å². The van der Waals surface area contributed by atoms with Gasteiger partial charge in [0.15, 0.2) is 0 Å². The van der Waals surface area contributed by atoms with Crippen molar-refractivity contribution in [2.45, 2.75) is 34.1 Å². The topological polar surface area (TPSA) is 68.3 Å². The summed E-state index contributed by atoms with van der Waals surface area (Å²) in [5.74, 6) is -1.55. The third-order valence-corrected chi connectivity index (χ3v) is 3.54. The maximum Gasteiger partial charge on any atom is 0.144 e. The van der Waals surface area contributed by atoms with E-state index in [0.29, 0.717) is 0 Å². The van der Waals surface area contributed by atoms with Gasteiger partial charge in [-0.15, -0.1) is 0 Å². The second-order valence-corrected chi connectivity index (χ2v) is 4.21. The highest BCUT2D eigenvalue weighted by atomic mass is 16.2. The van der Waals surface area contributed by atoms with Crippen molar-refractivity contribution >= 4 is 23.1 Å². The molecule has 1 saturated carbocycles. The van der Waals surface area contributed by atoms with Gasteiger partial charge in [0.05, 0.1) is 0 Å². The zero-order chi connectivity index (χ0) is 12.0. The number of carbonyl (C=O) groups is 4. The van der Waals surface area contributed by atoms with E-state index >= 15 is 0 Å². The largest absolute Gasteiger partial charge is 0.299 e. The molecule has 0 atom stereocenters. The van der Waals surface area contributed by atoms with Crippen LogP contribution in [-0.4, -0.2) is 23.1 Å². The standard InChI is InChI=1S/C11H14O4/c1-6(12)10(7(2)13)5-11(10,8(3)14)9(4)15/h5H2,1-4H3. The smallest absolute Gasteiger partial charge is 0.144 e. The van der Waals surface area contributed by atoms with Crippen LogP contribution in [0.5, 0.6) is 0 Å². The first kappa shape index (κ1) is 11.8. The third kappa shape index (κ3) is 1.14. The average molecular weight is 210 g/mol. The highest BCUT2D eigenvalue weighted by Gasteiger charge is 2.78. The summed E-state index contributed by atoms with van der Waals surface area (Å²) in [6, 6.07) is 0. The molecule has 0 saturated heterocycles. The summed E-state index contributed by atoms with van der Waals surface area (Å²) in [7, 11) is 0. The lowest BCUT2D eigenvalue weighted by Crippen LogP contribution is -2.36. The van der Waals surface area contributed by atoms with Crippen LogP contribution in [0.1, 0.15) is 34.1 Å². The van der Waals surface area contributed by atoms with Gasteiger partial charge in [-0.3, -0.25) is 19.2 Å². The Morgan fingerprint density at radius 2 is 0.867 bits per heavy atom. The van der Waals surface area contributed by atoms with Gasteiger partial charge in [0.1, 0.15) is 34.0 Å². The number of ketones is 4. The normalized spacial score (nSPS) is 20.5. The molecule has 0 unspecified atom stereocenters. The zero-order valence-electron chi connectivity index (χ0n) is 9.34. The lowest BCUT2D eigenvalue weighted by molar-refractivity contribution is -0.143. The molecule has 1 fully saturated rings. The van der Waals surface area contributed by atoms with E-state index in [-0.39, 0.29) is 29.6 Å². The summed E-state index contributed by atoms with van der Waals surface area (Å²) >= 11 is 0. The molecule has 82 valence electrons. The fourth-order valence-corrected chi connectivity index (χ4v) is 2.55. The Labute approximate surface area is 88.0 Å². The fraction of sp³-hybridized carbons (Fsp3) is 0.636. The summed E-state index contributed by atoms with van der Waals surface area (Å²) in [6.45, 7) is 5.04. The van der Waals surface area contributed by atoms with Crippen LogP contribution in [0.15, 0.2) is 0 Å². The molecule has 15 heavy (non-hydrogen) atoms. The highest BCUT2D eigenvalue weighted by molar-refractivity contribution is 6.24. The van der Waals surface area contributed by atoms with E-state index in [1.54, 1.807) is 0 Å². The molecule has 0 heterocycles. The molecule has 0 bridgehead atoms. The molecule has 0 aromatic rings. The molecule has 0 radical (unpaired) electrons. The van der Waals surface area contributed by atoms with Gasteiger partial charge in [0.25, 0.3) is 0 Å². The highest BCUT2D eigenvalue weighted by Crippen LogP contribution is 2.65. The van der Waals surface area contributed by atoms with E-state index in [1.807, 2.05) is 0 Å². The first-order chi connectivity index (χ1) is 6.73. The van der Waals surface area contributed by atoms with Crippen molar-refractivity contribution in [1.82, 2.24) is 0 Å². The minimum Gasteiger partial charge on any atom is -0.299 e. The van der Waals surface area contributed by atoms with Crippen molar-refractivity contribution in [3.8, 4) is 0 Å². The van der Waals surface area contributed by atoms with Crippen LogP contribution in [0.4, 0.5) is 0 Å². The van der Waals surface area contributed by atoms with Gasteiger partial charge in [0, 0.05) is 0 Å². The van der Waals surface area contributed by atoms with Gasteiger partial charge in [0.2, 0.25) is 0 Å². The molecular weight excluding hydrogens is 196 g/mol. The van der Waals surface area contributed by atoms with E-state index in [2.05, 4.69) is 0 Å². The Balaban J connectivity index is 3.32. The SMILES string of the molecule is CC(=O)C1(C(C)=O)CC1(C(C)=O)C(C)=O. The number of hydrogen-bond donors (Lipinski definition) is 0. The van der Waals surface area contributed by atoms with Gasteiger partial charge in [-0.2, -0.15) is 0 Å². The summed E-state index contributed by atoms with van der Waals surface area (Å²) in [5, 5.41) is 0. The van der Waals surface area contributed by atoms with E-state index in [0.717, 1.165) is 0 Å². The monoisotopic (exact) mass is 210 g/mol. The summed E-state index contributed by atoms with van der Waals surface area (Å²) < 4.78 is 0. The molecule has 4 heteroatoms. The first-order valence-electron chi connectivity index (χ1n) is 4.77. The summed E-state index contributed by atoms with van der Waals surface area (Å²) in [4.78, 5) is 45.9. The number of rotatable bonds is 4. The second kappa shape index (κ2) is 3.08. The molecule has 0 aliphatic heterocycles. The predicted molar refractivity (Wildman–Crippen MR) is 52.2 cm³/mol. The minimum absolute atomic E-state index is 0.0509. The number of Topliss-reactive ketones (excluding diaryl/α,β-unsaturated/α-hetero) is 4. The lowest BCUT2D eigenvalue weighted by Gasteiger charge is -2.16. The molecule has 0 spiro atoms. The van der Waals surface area contributed by atoms with Crippen molar-refractivity contribution in [2.75, 3.05) is 0 Å². The van der Waals surface area contributed by atoms with E-state index in [9.17, 15) is 19.2 Å². The summed E-state index contributed by atoms with van der Waals surface area (Å²) in [6.07, 6.45) is 0.0509. The Hall–Kier alpha value is -1.32. The van der Waals surface area contributed by atoms with Crippen LogP contribution in [0, 0.1) is 10.8 Å². The van der Waals surface area contributed by atoms with Crippen LogP contribution in [-0.2, 0) is 19.2 Å². The van der Waals surface area contributed by atoms with Crippen LogP contribution in [0.25, 0.3) is 0 Å². The van der Waals surface area contributed by atoms with Gasteiger partial charge < -0.3 is 0 Å². The van der Waals surface area contributed by atoms with Gasteiger partial charge >= 0.3 is 0 Å². The molecule has 1 aliphatic rings.